The lowest BCUT2D eigenvalue weighted by atomic mass is 10.1. The Labute approximate surface area is 147 Å². The Morgan fingerprint density at radius 3 is 1.96 bits per heavy atom. The van der Waals surface area contributed by atoms with E-state index in [9.17, 15) is 4.79 Å². The first-order valence-electron chi connectivity index (χ1n) is 8.10. The van der Waals surface area contributed by atoms with Crippen molar-refractivity contribution in [3.05, 3.63) is 95.1 Å². The molecule has 3 aromatic rings. The molecule has 0 aliphatic rings. The summed E-state index contributed by atoms with van der Waals surface area (Å²) in [6.07, 6.45) is 1.78. The van der Waals surface area contributed by atoms with Crippen molar-refractivity contribution in [3.8, 4) is 5.75 Å². The van der Waals surface area contributed by atoms with Gasteiger partial charge in [0.2, 0.25) is 0 Å². The molecule has 3 aromatic carbocycles. The van der Waals surface area contributed by atoms with Crippen LogP contribution in [0.15, 0.2) is 77.8 Å². The number of hydrogen-bond donors (Lipinski definition) is 0. The number of rotatable bonds is 4. The number of aryl methyl sites for hydroxylation is 2. The van der Waals surface area contributed by atoms with Crippen LogP contribution in [0.4, 0.5) is 5.69 Å². The minimum atomic E-state index is -0.370. The molecular formula is C22H19NO2. The van der Waals surface area contributed by atoms with E-state index in [1.807, 2.05) is 62.4 Å². The van der Waals surface area contributed by atoms with Crippen LogP contribution in [0.2, 0.25) is 0 Å². The third kappa shape index (κ3) is 4.64. The summed E-state index contributed by atoms with van der Waals surface area (Å²) in [4.78, 5) is 16.6. The fraction of sp³-hybridized carbons (Fsp3) is 0.0909. The molecule has 0 spiro atoms. The Morgan fingerprint density at radius 1 is 0.800 bits per heavy atom. The van der Waals surface area contributed by atoms with Crippen molar-refractivity contribution in [2.75, 3.05) is 0 Å². The minimum Gasteiger partial charge on any atom is -0.423 e. The first-order chi connectivity index (χ1) is 12.1. The first kappa shape index (κ1) is 16.7. The molecule has 0 heterocycles. The highest BCUT2D eigenvalue weighted by molar-refractivity contribution is 5.92. The topological polar surface area (TPSA) is 38.7 Å². The lowest BCUT2D eigenvalue weighted by Gasteiger charge is -2.05. The van der Waals surface area contributed by atoms with Crippen molar-refractivity contribution in [2.45, 2.75) is 13.8 Å². The largest absolute Gasteiger partial charge is 0.423 e. The average molecular weight is 329 g/mol. The van der Waals surface area contributed by atoms with Crippen LogP contribution in [-0.2, 0) is 0 Å². The maximum absolute atomic E-state index is 12.2. The van der Waals surface area contributed by atoms with Gasteiger partial charge >= 0.3 is 5.97 Å². The number of aliphatic imine (C=N–C) groups is 1. The summed E-state index contributed by atoms with van der Waals surface area (Å²) in [7, 11) is 0. The summed E-state index contributed by atoms with van der Waals surface area (Å²) in [5, 5.41) is 0. The summed E-state index contributed by atoms with van der Waals surface area (Å²) >= 11 is 0. The van der Waals surface area contributed by atoms with Gasteiger partial charge in [-0.3, -0.25) is 4.99 Å². The van der Waals surface area contributed by atoms with Crippen molar-refractivity contribution in [2.24, 2.45) is 4.99 Å². The van der Waals surface area contributed by atoms with E-state index in [1.54, 1.807) is 30.5 Å². The Bertz CT molecular complexity index is 877. The zero-order valence-corrected chi connectivity index (χ0v) is 14.3. The van der Waals surface area contributed by atoms with Gasteiger partial charge in [0.05, 0.1) is 11.3 Å². The molecule has 0 saturated heterocycles. The molecule has 0 saturated carbocycles. The third-order valence-corrected chi connectivity index (χ3v) is 3.77. The lowest BCUT2D eigenvalue weighted by Crippen LogP contribution is -2.08. The number of esters is 1. The highest BCUT2D eigenvalue weighted by Crippen LogP contribution is 2.15. The van der Waals surface area contributed by atoms with Crippen LogP contribution < -0.4 is 4.74 Å². The average Bonchev–Trinajstić information content (AvgIpc) is 2.63. The highest BCUT2D eigenvalue weighted by Gasteiger charge is 2.08. The number of nitrogens with zero attached hydrogens (tertiary/aromatic N) is 1. The van der Waals surface area contributed by atoms with Gasteiger partial charge in [0.25, 0.3) is 0 Å². The van der Waals surface area contributed by atoms with Crippen LogP contribution in [0.25, 0.3) is 0 Å². The molecule has 3 nitrogen and oxygen atoms in total. The van der Waals surface area contributed by atoms with Gasteiger partial charge in [-0.1, -0.05) is 47.5 Å². The number of carbonyl (C=O) groups is 1. The van der Waals surface area contributed by atoms with Crippen molar-refractivity contribution in [1.29, 1.82) is 0 Å². The number of benzene rings is 3. The summed E-state index contributed by atoms with van der Waals surface area (Å²) in [5.41, 5.74) is 4.65. The molecule has 0 atom stereocenters. The Morgan fingerprint density at radius 2 is 1.36 bits per heavy atom. The molecule has 0 radical (unpaired) electrons. The predicted octanol–water partition coefficient (Wildman–Crippen LogP) is 5.27. The van der Waals surface area contributed by atoms with Crippen LogP contribution >= 0.6 is 0 Å². The van der Waals surface area contributed by atoms with Gasteiger partial charge in [0.15, 0.2) is 0 Å². The molecule has 124 valence electrons. The maximum atomic E-state index is 12.2. The molecule has 0 amide bonds. The van der Waals surface area contributed by atoms with E-state index in [0.29, 0.717) is 11.3 Å². The normalized spacial score (nSPS) is 10.8. The molecule has 0 aliphatic carbocycles. The number of ether oxygens (including phenoxy) is 1. The van der Waals surface area contributed by atoms with E-state index in [-0.39, 0.29) is 5.97 Å². The molecule has 0 unspecified atom stereocenters. The Balaban J connectivity index is 1.66. The number of carbonyl (C=O) groups excluding carboxylic acids is 1. The monoisotopic (exact) mass is 329 g/mol. The predicted molar refractivity (Wildman–Crippen MR) is 101 cm³/mol. The molecule has 0 fully saturated rings. The summed E-state index contributed by atoms with van der Waals surface area (Å²) in [6, 6.07) is 22.6. The van der Waals surface area contributed by atoms with Crippen molar-refractivity contribution < 1.29 is 9.53 Å². The van der Waals surface area contributed by atoms with E-state index >= 15 is 0 Å². The molecule has 0 aliphatic heterocycles. The van der Waals surface area contributed by atoms with E-state index in [4.69, 9.17) is 4.74 Å². The molecule has 3 heteroatoms. The second-order valence-corrected chi connectivity index (χ2v) is 5.92. The van der Waals surface area contributed by atoms with Crippen LogP contribution in [0.5, 0.6) is 5.75 Å². The standard InChI is InChI=1S/C22H19NO2/c1-16-3-11-20(12-4-16)23-15-18-7-9-19(10-8-18)22(24)25-21-13-5-17(2)6-14-21/h3-15H,1-2H3. The van der Waals surface area contributed by atoms with E-state index in [2.05, 4.69) is 4.99 Å². The molecule has 25 heavy (non-hydrogen) atoms. The number of hydrogen-bond acceptors (Lipinski definition) is 3. The van der Waals surface area contributed by atoms with Gasteiger partial charge in [-0.15, -0.1) is 0 Å². The third-order valence-electron chi connectivity index (χ3n) is 3.77. The van der Waals surface area contributed by atoms with Gasteiger partial charge in [-0.2, -0.15) is 0 Å². The molecule has 0 N–H and O–H groups in total. The van der Waals surface area contributed by atoms with Crippen molar-refractivity contribution in [1.82, 2.24) is 0 Å². The SMILES string of the molecule is Cc1ccc(N=Cc2ccc(C(=O)Oc3ccc(C)cc3)cc2)cc1. The highest BCUT2D eigenvalue weighted by atomic mass is 16.5. The smallest absolute Gasteiger partial charge is 0.343 e. The maximum Gasteiger partial charge on any atom is 0.343 e. The van der Waals surface area contributed by atoms with E-state index < -0.39 is 0 Å². The molecule has 0 bridgehead atoms. The van der Waals surface area contributed by atoms with Crippen LogP contribution in [0, 0.1) is 13.8 Å². The zero-order valence-electron chi connectivity index (χ0n) is 14.3. The van der Waals surface area contributed by atoms with Gasteiger partial charge in [-0.05, 0) is 55.8 Å². The Kier molecular flexibility index (Phi) is 5.05. The van der Waals surface area contributed by atoms with Gasteiger partial charge in [0.1, 0.15) is 5.75 Å². The van der Waals surface area contributed by atoms with E-state index in [1.165, 1.54) is 5.56 Å². The zero-order chi connectivity index (χ0) is 17.6. The fourth-order valence-corrected chi connectivity index (χ4v) is 2.26. The Hall–Kier alpha value is -3.20. The van der Waals surface area contributed by atoms with Crippen molar-refractivity contribution in [3.63, 3.8) is 0 Å². The van der Waals surface area contributed by atoms with Crippen LogP contribution in [0.1, 0.15) is 27.0 Å². The van der Waals surface area contributed by atoms with Gasteiger partial charge in [-0.25, -0.2) is 4.79 Å². The van der Waals surface area contributed by atoms with E-state index in [0.717, 1.165) is 16.8 Å². The molecular weight excluding hydrogens is 310 g/mol. The summed E-state index contributed by atoms with van der Waals surface area (Å²) < 4.78 is 5.36. The second kappa shape index (κ2) is 7.58. The van der Waals surface area contributed by atoms with Gasteiger partial charge < -0.3 is 4.74 Å². The van der Waals surface area contributed by atoms with Gasteiger partial charge in [0, 0.05) is 6.21 Å². The molecule has 0 aromatic heterocycles. The lowest BCUT2D eigenvalue weighted by molar-refractivity contribution is 0.0734. The minimum absolute atomic E-state index is 0.370. The summed E-state index contributed by atoms with van der Waals surface area (Å²) in [6.45, 7) is 4.03. The molecule has 3 rings (SSSR count). The first-order valence-corrected chi connectivity index (χ1v) is 8.10. The quantitative estimate of drug-likeness (QED) is 0.371. The summed E-state index contributed by atoms with van der Waals surface area (Å²) in [5.74, 6) is 0.173. The van der Waals surface area contributed by atoms with Crippen molar-refractivity contribution >= 4 is 17.9 Å². The fourth-order valence-electron chi connectivity index (χ4n) is 2.26. The second-order valence-electron chi connectivity index (χ2n) is 5.92. The van der Waals surface area contributed by atoms with Crippen LogP contribution in [-0.4, -0.2) is 12.2 Å². The van der Waals surface area contributed by atoms with Crippen LogP contribution in [0.3, 0.4) is 0 Å².